The minimum atomic E-state index is -0.534. The minimum Gasteiger partial charge on any atom is -0.503 e. The first-order valence-corrected chi connectivity index (χ1v) is 8.13. The van der Waals surface area contributed by atoms with Crippen LogP contribution in [0.4, 0.5) is 0 Å². The predicted octanol–water partition coefficient (Wildman–Crippen LogP) is 3.83. The first kappa shape index (κ1) is 19.1. The number of hydrogen-bond acceptors (Lipinski definition) is 6. The van der Waals surface area contributed by atoms with Crippen LogP contribution in [0.5, 0.6) is 23.3 Å². The second-order valence-corrected chi connectivity index (χ2v) is 5.50. The Morgan fingerprint density at radius 3 is 2.17 bits per heavy atom. The van der Waals surface area contributed by atoms with Gasteiger partial charge in [-0.1, -0.05) is 45.4 Å². The molecule has 0 fully saturated rings. The topological polar surface area (TPSA) is 88.9 Å². The summed E-state index contributed by atoms with van der Waals surface area (Å²) < 4.78 is 9.90. The number of rotatable bonds is 11. The van der Waals surface area contributed by atoms with E-state index in [4.69, 9.17) is 9.47 Å². The second-order valence-electron chi connectivity index (χ2n) is 5.50. The van der Waals surface area contributed by atoms with E-state index in [1.165, 1.54) is 39.9 Å². The first-order valence-electron chi connectivity index (χ1n) is 8.13. The molecule has 6 nitrogen and oxygen atoms in total. The zero-order valence-corrected chi connectivity index (χ0v) is 14.2. The molecule has 0 saturated carbocycles. The number of aromatic hydroxyl groups is 2. The molecule has 0 radical (unpaired) electrons. The van der Waals surface area contributed by atoms with Crippen molar-refractivity contribution >= 4 is 5.78 Å². The lowest BCUT2D eigenvalue weighted by Crippen LogP contribution is -2.04. The number of nitrogens with zero attached hydrogens (tertiary/aromatic N) is 1. The van der Waals surface area contributed by atoms with E-state index in [9.17, 15) is 15.0 Å². The van der Waals surface area contributed by atoms with E-state index in [2.05, 4.69) is 11.9 Å². The van der Waals surface area contributed by atoms with Gasteiger partial charge in [-0.2, -0.15) is 4.98 Å². The van der Waals surface area contributed by atoms with Crippen LogP contribution in [0.15, 0.2) is 0 Å². The normalized spacial score (nSPS) is 10.6. The monoisotopic (exact) mass is 325 g/mol. The molecule has 1 heterocycles. The summed E-state index contributed by atoms with van der Waals surface area (Å²) in [5.74, 6) is -1.41. The molecule has 23 heavy (non-hydrogen) atoms. The van der Waals surface area contributed by atoms with Crippen LogP contribution in [-0.2, 0) is 0 Å². The number of aromatic nitrogens is 1. The largest absolute Gasteiger partial charge is 0.503 e. The van der Waals surface area contributed by atoms with Crippen molar-refractivity contribution in [2.45, 2.75) is 58.3 Å². The molecule has 1 rings (SSSR count). The number of Topliss-reactive ketones (excluding diaryl/α,β-unsaturated/α-hetero) is 1. The maximum Gasteiger partial charge on any atom is 0.264 e. The number of pyridine rings is 1. The van der Waals surface area contributed by atoms with Crippen LogP contribution in [0.3, 0.4) is 0 Å². The Kier molecular flexibility index (Phi) is 8.22. The lowest BCUT2D eigenvalue weighted by Gasteiger charge is -2.12. The lowest BCUT2D eigenvalue weighted by molar-refractivity contribution is 0.0972. The van der Waals surface area contributed by atoms with Crippen LogP contribution in [0.1, 0.15) is 68.6 Å². The average molecular weight is 325 g/mol. The van der Waals surface area contributed by atoms with Gasteiger partial charge in [0.2, 0.25) is 11.6 Å². The van der Waals surface area contributed by atoms with Crippen LogP contribution in [0.2, 0.25) is 0 Å². The van der Waals surface area contributed by atoms with Crippen molar-refractivity contribution in [2.75, 3.05) is 14.2 Å². The molecular weight excluding hydrogens is 298 g/mol. The van der Waals surface area contributed by atoms with Gasteiger partial charge in [-0.15, -0.1) is 0 Å². The maximum atomic E-state index is 12.2. The lowest BCUT2D eigenvalue weighted by atomic mass is 10.0. The summed E-state index contributed by atoms with van der Waals surface area (Å²) in [6.45, 7) is 2.18. The van der Waals surface area contributed by atoms with Crippen molar-refractivity contribution in [3.63, 3.8) is 0 Å². The minimum absolute atomic E-state index is 0.0479. The molecule has 0 bridgehead atoms. The number of ketones is 1. The number of unbranched alkanes of at least 4 members (excludes halogenated alkanes) is 6. The van der Waals surface area contributed by atoms with Gasteiger partial charge < -0.3 is 19.7 Å². The third kappa shape index (κ3) is 5.30. The van der Waals surface area contributed by atoms with Gasteiger partial charge in [0.25, 0.3) is 5.88 Å². The number of methoxy groups -OCH3 is 2. The highest BCUT2D eigenvalue weighted by molar-refractivity contribution is 6.01. The molecule has 0 aromatic carbocycles. The maximum absolute atomic E-state index is 12.2. The van der Waals surface area contributed by atoms with Crippen LogP contribution in [-0.4, -0.2) is 35.2 Å². The van der Waals surface area contributed by atoms with Gasteiger partial charge in [0, 0.05) is 6.42 Å². The fraction of sp³-hybridized carbons (Fsp3) is 0.647. The molecular formula is C17H27NO5. The van der Waals surface area contributed by atoms with Crippen molar-refractivity contribution in [1.29, 1.82) is 0 Å². The molecule has 1 aromatic heterocycles. The standard InChI is InChI=1S/C17H27NO5/c1-4-5-6-7-8-9-10-11-12(19)13-14(20)15(22-2)17(23-3)18-16(13)21/h4-11H2,1-3H3,(H2,18,20,21). The van der Waals surface area contributed by atoms with Crippen molar-refractivity contribution in [1.82, 2.24) is 4.98 Å². The van der Waals surface area contributed by atoms with Crippen LogP contribution in [0, 0.1) is 0 Å². The van der Waals surface area contributed by atoms with E-state index in [0.717, 1.165) is 19.3 Å². The highest BCUT2D eigenvalue weighted by atomic mass is 16.5. The Balaban J connectivity index is 2.63. The summed E-state index contributed by atoms with van der Waals surface area (Å²) >= 11 is 0. The Labute approximate surface area is 137 Å². The zero-order chi connectivity index (χ0) is 17.2. The molecule has 6 heteroatoms. The molecule has 0 saturated heterocycles. The van der Waals surface area contributed by atoms with Crippen molar-refractivity contribution < 1.29 is 24.5 Å². The van der Waals surface area contributed by atoms with Gasteiger partial charge in [-0.05, 0) is 6.42 Å². The van der Waals surface area contributed by atoms with Gasteiger partial charge >= 0.3 is 0 Å². The van der Waals surface area contributed by atoms with Gasteiger partial charge in [-0.25, -0.2) is 0 Å². The molecule has 0 aliphatic rings. The zero-order valence-electron chi connectivity index (χ0n) is 14.2. The van der Waals surface area contributed by atoms with E-state index >= 15 is 0 Å². The Morgan fingerprint density at radius 2 is 1.61 bits per heavy atom. The summed E-state index contributed by atoms with van der Waals surface area (Å²) in [7, 11) is 2.67. The average Bonchev–Trinajstić information content (AvgIpc) is 2.53. The van der Waals surface area contributed by atoms with Crippen LogP contribution < -0.4 is 9.47 Å². The molecule has 0 amide bonds. The molecule has 0 unspecified atom stereocenters. The number of carbonyl (C=O) groups is 1. The first-order chi connectivity index (χ1) is 11.1. The van der Waals surface area contributed by atoms with E-state index in [0.29, 0.717) is 0 Å². The van der Waals surface area contributed by atoms with E-state index in [1.807, 2.05) is 0 Å². The summed E-state index contributed by atoms with van der Waals surface area (Å²) in [6, 6.07) is 0. The van der Waals surface area contributed by atoms with Crippen molar-refractivity contribution in [3.05, 3.63) is 5.56 Å². The summed E-state index contributed by atoms with van der Waals surface area (Å²) in [6.07, 6.45) is 7.89. The third-order valence-electron chi connectivity index (χ3n) is 3.76. The quantitative estimate of drug-likeness (QED) is 0.475. The van der Waals surface area contributed by atoms with Crippen molar-refractivity contribution in [2.24, 2.45) is 0 Å². The summed E-state index contributed by atoms with van der Waals surface area (Å²) in [5, 5.41) is 20.0. The highest BCUT2D eigenvalue weighted by Crippen LogP contribution is 2.41. The number of ether oxygens (including phenoxy) is 2. The SMILES string of the molecule is CCCCCCCCCC(=O)c1c(O)nc(OC)c(OC)c1O. The number of hydrogen-bond donors (Lipinski definition) is 2. The fourth-order valence-corrected chi connectivity index (χ4v) is 2.47. The second kappa shape index (κ2) is 9.92. The van der Waals surface area contributed by atoms with E-state index in [-0.39, 0.29) is 29.4 Å². The van der Waals surface area contributed by atoms with Crippen LogP contribution >= 0.6 is 0 Å². The summed E-state index contributed by atoms with van der Waals surface area (Å²) in [5.41, 5.74) is -0.200. The number of carbonyl (C=O) groups excluding carboxylic acids is 1. The van der Waals surface area contributed by atoms with E-state index in [1.54, 1.807) is 0 Å². The predicted molar refractivity (Wildman–Crippen MR) is 87.6 cm³/mol. The van der Waals surface area contributed by atoms with Gasteiger partial charge in [0.15, 0.2) is 11.5 Å². The third-order valence-corrected chi connectivity index (χ3v) is 3.76. The van der Waals surface area contributed by atoms with Crippen LogP contribution in [0.25, 0.3) is 0 Å². The van der Waals surface area contributed by atoms with Gasteiger partial charge in [0.1, 0.15) is 5.56 Å². The Morgan fingerprint density at radius 1 is 1.00 bits per heavy atom. The molecule has 0 atom stereocenters. The molecule has 130 valence electrons. The van der Waals surface area contributed by atoms with Gasteiger partial charge in [0.05, 0.1) is 14.2 Å². The Hall–Kier alpha value is -1.98. The highest BCUT2D eigenvalue weighted by Gasteiger charge is 2.25. The smallest absolute Gasteiger partial charge is 0.264 e. The van der Waals surface area contributed by atoms with Gasteiger partial charge in [-0.3, -0.25) is 4.79 Å². The molecule has 1 aromatic rings. The molecule has 0 spiro atoms. The van der Waals surface area contributed by atoms with E-state index < -0.39 is 11.6 Å². The molecule has 0 aliphatic carbocycles. The van der Waals surface area contributed by atoms with Crippen molar-refractivity contribution in [3.8, 4) is 23.3 Å². The summed E-state index contributed by atoms with van der Waals surface area (Å²) in [4.78, 5) is 16.0. The fourth-order valence-electron chi connectivity index (χ4n) is 2.47. The molecule has 0 aliphatic heterocycles. The molecule has 2 N–H and O–H groups in total. The Bertz CT molecular complexity index is 516.